The highest BCUT2D eigenvalue weighted by atomic mass is 16.5. The maximum absolute atomic E-state index is 12.8. The van der Waals surface area contributed by atoms with Gasteiger partial charge in [0.1, 0.15) is 5.75 Å². The number of hydrogen-bond donors (Lipinski definition) is 0. The van der Waals surface area contributed by atoms with Gasteiger partial charge in [0.05, 0.1) is 18.4 Å². The van der Waals surface area contributed by atoms with Crippen molar-refractivity contribution < 1.29 is 9.53 Å². The molecule has 0 saturated carbocycles. The highest BCUT2D eigenvalue weighted by Gasteiger charge is 2.18. The molecule has 1 aromatic heterocycles. The van der Waals surface area contributed by atoms with Crippen LogP contribution < -0.4 is 4.74 Å². The molecule has 3 aromatic rings. The molecule has 22 heavy (non-hydrogen) atoms. The number of nitrogens with zero attached hydrogens (tertiary/aromatic N) is 1. The van der Waals surface area contributed by atoms with Crippen LogP contribution in [0, 0.1) is 0 Å². The van der Waals surface area contributed by atoms with E-state index in [4.69, 9.17) is 4.74 Å². The Labute approximate surface area is 129 Å². The van der Waals surface area contributed by atoms with E-state index in [9.17, 15) is 4.79 Å². The van der Waals surface area contributed by atoms with E-state index in [1.165, 1.54) is 0 Å². The normalized spacial score (nSPS) is 10.2. The molecule has 0 bridgehead atoms. The summed E-state index contributed by atoms with van der Waals surface area (Å²) < 4.78 is 5.43. The van der Waals surface area contributed by atoms with Gasteiger partial charge in [-0.2, -0.15) is 0 Å². The third kappa shape index (κ3) is 2.61. The Morgan fingerprint density at radius 1 is 0.909 bits per heavy atom. The fraction of sp³-hybridized carbons (Fsp3) is 0.0526. The summed E-state index contributed by atoms with van der Waals surface area (Å²) in [6, 6.07) is 20.3. The van der Waals surface area contributed by atoms with Gasteiger partial charge < -0.3 is 4.74 Å². The number of benzene rings is 2. The van der Waals surface area contributed by atoms with Gasteiger partial charge in [0.2, 0.25) is 0 Å². The number of ether oxygens (including phenoxy) is 1. The van der Waals surface area contributed by atoms with E-state index < -0.39 is 0 Å². The molecule has 0 fully saturated rings. The lowest BCUT2D eigenvalue weighted by molar-refractivity contribution is 0.103. The average Bonchev–Trinajstić information content (AvgIpc) is 2.62. The molecular weight excluding hydrogens is 274 g/mol. The molecule has 1 heterocycles. The molecule has 0 atom stereocenters. The molecule has 0 saturated heterocycles. The Hall–Kier alpha value is -2.94. The third-order valence-corrected chi connectivity index (χ3v) is 3.45. The van der Waals surface area contributed by atoms with E-state index in [2.05, 4.69) is 4.98 Å². The molecule has 108 valence electrons. The van der Waals surface area contributed by atoms with Gasteiger partial charge in [0.25, 0.3) is 0 Å². The lowest BCUT2D eigenvalue weighted by Crippen LogP contribution is -2.05. The molecule has 0 unspecified atom stereocenters. The molecule has 3 rings (SSSR count). The van der Waals surface area contributed by atoms with Gasteiger partial charge in [-0.1, -0.05) is 48.5 Å². The first-order valence-electron chi connectivity index (χ1n) is 6.99. The van der Waals surface area contributed by atoms with Crippen LogP contribution in [0.1, 0.15) is 15.9 Å². The summed E-state index contributed by atoms with van der Waals surface area (Å²) in [4.78, 5) is 17.2. The Morgan fingerprint density at radius 3 is 2.36 bits per heavy atom. The first-order chi connectivity index (χ1) is 10.8. The molecular formula is C19H15NO2. The van der Waals surface area contributed by atoms with Crippen LogP contribution in [0.4, 0.5) is 0 Å². The second kappa shape index (κ2) is 6.22. The van der Waals surface area contributed by atoms with Crippen molar-refractivity contribution in [3.63, 3.8) is 0 Å². The smallest absolute Gasteiger partial charge is 0.193 e. The number of rotatable bonds is 4. The molecule has 0 N–H and O–H groups in total. The summed E-state index contributed by atoms with van der Waals surface area (Å²) in [5.74, 6) is 0.598. The minimum absolute atomic E-state index is 0.0415. The summed E-state index contributed by atoms with van der Waals surface area (Å²) in [7, 11) is 1.60. The van der Waals surface area contributed by atoms with E-state index in [1.807, 2.05) is 66.7 Å². The van der Waals surface area contributed by atoms with E-state index in [0.29, 0.717) is 16.9 Å². The number of ketones is 1. The Morgan fingerprint density at radius 2 is 1.68 bits per heavy atom. The van der Waals surface area contributed by atoms with Crippen LogP contribution in [-0.2, 0) is 0 Å². The second-order valence-corrected chi connectivity index (χ2v) is 4.79. The molecule has 0 aliphatic heterocycles. The van der Waals surface area contributed by atoms with Gasteiger partial charge in [-0.05, 0) is 18.2 Å². The summed E-state index contributed by atoms with van der Waals surface area (Å²) in [5.41, 5.74) is 2.68. The second-order valence-electron chi connectivity index (χ2n) is 4.79. The van der Waals surface area contributed by atoms with Crippen LogP contribution in [0.25, 0.3) is 11.3 Å². The fourth-order valence-electron chi connectivity index (χ4n) is 2.41. The SMILES string of the molecule is COc1cccc(C(=O)c2ccccc2)c1-c1ccccn1. The van der Waals surface area contributed by atoms with Crippen molar-refractivity contribution in [3.05, 3.63) is 84.1 Å². The van der Waals surface area contributed by atoms with Gasteiger partial charge in [-0.15, -0.1) is 0 Å². The van der Waals surface area contributed by atoms with Gasteiger partial charge in [-0.3, -0.25) is 9.78 Å². The van der Waals surface area contributed by atoms with Crippen LogP contribution in [-0.4, -0.2) is 17.9 Å². The van der Waals surface area contributed by atoms with Crippen molar-refractivity contribution in [1.29, 1.82) is 0 Å². The average molecular weight is 289 g/mol. The minimum atomic E-state index is -0.0415. The monoisotopic (exact) mass is 289 g/mol. The Balaban J connectivity index is 2.18. The number of aromatic nitrogens is 1. The van der Waals surface area contributed by atoms with Gasteiger partial charge in [0, 0.05) is 17.3 Å². The Bertz CT molecular complexity index is 783. The van der Waals surface area contributed by atoms with E-state index in [0.717, 1.165) is 11.3 Å². The number of hydrogen-bond acceptors (Lipinski definition) is 3. The topological polar surface area (TPSA) is 39.2 Å². The highest BCUT2D eigenvalue weighted by molar-refractivity contribution is 6.13. The number of pyridine rings is 1. The molecule has 3 heteroatoms. The van der Waals surface area contributed by atoms with Crippen LogP contribution in [0.2, 0.25) is 0 Å². The maximum atomic E-state index is 12.8. The van der Waals surface area contributed by atoms with Gasteiger partial charge in [0.15, 0.2) is 5.78 Å². The summed E-state index contributed by atoms with van der Waals surface area (Å²) in [5, 5.41) is 0. The first-order valence-corrected chi connectivity index (χ1v) is 6.99. The predicted molar refractivity (Wildman–Crippen MR) is 86.1 cm³/mol. The van der Waals surface area contributed by atoms with Crippen LogP contribution >= 0.6 is 0 Å². The zero-order valence-corrected chi connectivity index (χ0v) is 12.2. The quantitative estimate of drug-likeness (QED) is 0.682. The number of carbonyl (C=O) groups is 1. The molecule has 3 nitrogen and oxygen atoms in total. The molecule has 0 aliphatic carbocycles. The van der Waals surface area contributed by atoms with E-state index in [-0.39, 0.29) is 5.78 Å². The van der Waals surface area contributed by atoms with E-state index in [1.54, 1.807) is 13.3 Å². The molecule has 2 aromatic carbocycles. The van der Waals surface area contributed by atoms with Crippen molar-refractivity contribution in [1.82, 2.24) is 4.98 Å². The standard InChI is InChI=1S/C19H15NO2/c1-22-17-12-7-10-15(18(17)16-11-5-6-13-20-16)19(21)14-8-3-2-4-9-14/h2-13H,1H3. The van der Waals surface area contributed by atoms with Crippen molar-refractivity contribution >= 4 is 5.78 Å². The minimum Gasteiger partial charge on any atom is -0.496 e. The largest absolute Gasteiger partial charge is 0.496 e. The Kier molecular flexibility index (Phi) is 3.97. The highest BCUT2D eigenvalue weighted by Crippen LogP contribution is 2.33. The van der Waals surface area contributed by atoms with Crippen LogP contribution in [0.15, 0.2) is 72.9 Å². The molecule has 0 spiro atoms. The molecule has 0 aliphatic rings. The van der Waals surface area contributed by atoms with Gasteiger partial charge in [-0.25, -0.2) is 0 Å². The molecule has 0 radical (unpaired) electrons. The summed E-state index contributed by atoms with van der Waals surface area (Å²) >= 11 is 0. The first kappa shape index (κ1) is 14.0. The third-order valence-electron chi connectivity index (χ3n) is 3.45. The van der Waals surface area contributed by atoms with E-state index >= 15 is 0 Å². The summed E-state index contributed by atoms with van der Waals surface area (Å²) in [6.45, 7) is 0. The fourth-order valence-corrected chi connectivity index (χ4v) is 2.41. The predicted octanol–water partition coefficient (Wildman–Crippen LogP) is 3.99. The lowest BCUT2D eigenvalue weighted by Gasteiger charge is -2.13. The van der Waals surface area contributed by atoms with Crippen molar-refractivity contribution in [2.24, 2.45) is 0 Å². The zero-order valence-electron chi connectivity index (χ0n) is 12.2. The van der Waals surface area contributed by atoms with Crippen molar-refractivity contribution in [3.8, 4) is 17.0 Å². The van der Waals surface area contributed by atoms with Crippen LogP contribution in [0.3, 0.4) is 0 Å². The molecule has 0 amide bonds. The zero-order chi connectivity index (χ0) is 15.4. The van der Waals surface area contributed by atoms with Crippen molar-refractivity contribution in [2.45, 2.75) is 0 Å². The maximum Gasteiger partial charge on any atom is 0.193 e. The van der Waals surface area contributed by atoms with Crippen LogP contribution in [0.5, 0.6) is 5.75 Å². The summed E-state index contributed by atoms with van der Waals surface area (Å²) in [6.07, 6.45) is 1.71. The van der Waals surface area contributed by atoms with Gasteiger partial charge >= 0.3 is 0 Å². The number of carbonyl (C=O) groups excluding carboxylic acids is 1. The van der Waals surface area contributed by atoms with Crippen molar-refractivity contribution in [2.75, 3.05) is 7.11 Å². The lowest BCUT2D eigenvalue weighted by atomic mass is 9.95. The number of methoxy groups -OCH3 is 1.